The summed E-state index contributed by atoms with van der Waals surface area (Å²) in [5, 5.41) is 0. The number of hydrogen-bond acceptors (Lipinski definition) is 5. The van der Waals surface area contributed by atoms with E-state index in [0.29, 0.717) is 42.7 Å². The average molecular weight is 405 g/mol. The van der Waals surface area contributed by atoms with Crippen LogP contribution in [-0.4, -0.2) is 34.5 Å². The Morgan fingerprint density at radius 1 is 0.967 bits per heavy atom. The first-order valence-electron chi connectivity index (χ1n) is 9.94. The summed E-state index contributed by atoms with van der Waals surface area (Å²) in [6.07, 6.45) is 6.95. The zero-order valence-corrected chi connectivity index (χ0v) is 17.6. The van der Waals surface area contributed by atoms with Crippen LogP contribution in [0.15, 0.2) is 67.3 Å². The summed E-state index contributed by atoms with van der Waals surface area (Å²) in [4.78, 5) is 23.4. The normalized spacial score (nSPS) is 10.7. The van der Waals surface area contributed by atoms with Gasteiger partial charge in [0.2, 0.25) is 0 Å². The first-order valence-corrected chi connectivity index (χ1v) is 9.94. The molecule has 0 atom stereocenters. The number of carbonyl (C=O) groups excluding carboxylic acids is 1. The van der Waals surface area contributed by atoms with Crippen molar-refractivity contribution in [2.24, 2.45) is 5.92 Å². The number of hydrogen-bond donors (Lipinski definition) is 0. The number of amides is 1. The molecule has 1 aromatic carbocycles. The van der Waals surface area contributed by atoms with E-state index in [-0.39, 0.29) is 5.91 Å². The number of carbonyl (C=O) groups is 1. The van der Waals surface area contributed by atoms with Gasteiger partial charge in [-0.15, -0.1) is 0 Å². The van der Waals surface area contributed by atoms with Gasteiger partial charge in [-0.25, -0.2) is 0 Å². The van der Waals surface area contributed by atoms with Gasteiger partial charge in [0, 0.05) is 43.4 Å². The molecule has 0 N–H and O–H groups in total. The first kappa shape index (κ1) is 21.3. The highest BCUT2D eigenvalue weighted by molar-refractivity contribution is 5.95. The second kappa shape index (κ2) is 10.4. The highest BCUT2D eigenvalue weighted by Crippen LogP contribution is 2.29. The van der Waals surface area contributed by atoms with Crippen molar-refractivity contribution in [1.82, 2.24) is 14.9 Å². The number of aromatic nitrogens is 2. The molecule has 3 rings (SSSR count). The fraction of sp³-hybridized carbons (Fsp3) is 0.292. The molecule has 0 bridgehead atoms. The van der Waals surface area contributed by atoms with Crippen LogP contribution in [0.3, 0.4) is 0 Å². The molecule has 156 valence electrons. The third kappa shape index (κ3) is 5.80. The summed E-state index contributed by atoms with van der Waals surface area (Å²) in [5.41, 5.74) is 2.51. The van der Waals surface area contributed by atoms with Crippen LogP contribution >= 0.6 is 0 Å². The average Bonchev–Trinajstić information content (AvgIpc) is 2.78. The maximum atomic E-state index is 13.4. The van der Waals surface area contributed by atoms with Crippen molar-refractivity contribution in [1.29, 1.82) is 0 Å². The van der Waals surface area contributed by atoms with Crippen LogP contribution in [-0.2, 0) is 13.1 Å². The summed E-state index contributed by atoms with van der Waals surface area (Å²) in [7, 11) is 1.58. The highest BCUT2D eigenvalue weighted by atomic mass is 16.5. The van der Waals surface area contributed by atoms with E-state index in [9.17, 15) is 4.79 Å². The molecule has 0 radical (unpaired) electrons. The highest BCUT2D eigenvalue weighted by Gasteiger charge is 2.19. The Bertz CT molecular complexity index is 905. The molecular formula is C24H27N3O3. The minimum atomic E-state index is -0.0932. The largest absolute Gasteiger partial charge is 0.493 e. The van der Waals surface area contributed by atoms with Gasteiger partial charge in [-0.2, -0.15) is 0 Å². The molecule has 0 aliphatic rings. The molecule has 2 heterocycles. The third-order valence-corrected chi connectivity index (χ3v) is 4.49. The Kier molecular flexibility index (Phi) is 7.38. The lowest BCUT2D eigenvalue weighted by Gasteiger charge is -2.23. The van der Waals surface area contributed by atoms with Crippen LogP contribution in [0.5, 0.6) is 11.5 Å². The number of methoxy groups -OCH3 is 1. The molecule has 2 aromatic heterocycles. The SMILES string of the molecule is COc1cc(C(=O)N(Cc2ccncc2)Cc2cccnc2)ccc1OCC(C)C. The Hall–Kier alpha value is -3.41. The first-order chi connectivity index (χ1) is 14.6. The van der Waals surface area contributed by atoms with E-state index in [1.807, 2.05) is 24.3 Å². The molecule has 0 saturated heterocycles. The van der Waals surface area contributed by atoms with Crippen molar-refractivity contribution in [3.63, 3.8) is 0 Å². The molecular weight excluding hydrogens is 378 g/mol. The number of benzene rings is 1. The lowest BCUT2D eigenvalue weighted by Crippen LogP contribution is -2.30. The zero-order valence-electron chi connectivity index (χ0n) is 17.6. The summed E-state index contributed by atoms with van der Waals surface area (Å²) in [5.74, 6) is 1.48. The van der Waals surface area contributed by atoms with Crippen molar-refractivity contribution in [2.75, 3.05) is 13.7 Å². The van der Waals surface area contributed by atoms with Gasteiger partial charge in [0.25, 0.3) is 5.91 Å². The summed E-state index contributed by atoms with van der Waals surface area (Å²) >= 11 is 0. The van der Waals surface area contributed by atoms with Crippen molar-refractivity contribution < 1.29 is 14.3 Å². The van der Waals surface area contributed by atoms with Crippen LogP contribution in [0.1, 0.15) is 35.3 Å². The van der Waals surface area contributed by atoms with Gasteiger partial charge < -0.3 is 14.4 Å². The molecule has 1 amide bonds. The molecule has 0 aliphatic heterocycles. The van der Waals surface area contributed by atoms with Crippen LogP contribution in [0.25, 0.3) is 0 Å². The molecule has 6 heteroatoms. The van der Waals surface area contributed by atoms with E-state index in [1.165, 1.54) is 0 Å². The van der Waals surface area contributed by atoms with E-state index in [1.54, 1.807) is 55.0 Å². The number of nitrogens with zero attached hydrogens (tertiary/aromatic N) is 3. The summed E-state index contributed by atoms with van der Waals surface area (Å²) < 4.78 is 11.3. The van der Waals surface area contributed by atoms with Crippen LogP contribution in [0.4, 0.5) is 0 Å². The van der Waals surface area contributed by atoms with E-state index in [2.05, 4.69) is 23.8 Å². The van der Waals surface area contributed by atoms with Gasteiger partial charge in [0.1, 0.15) is 0 Å². The van der Waals surface area contributed by atoms with E-state index < -0.39 is 0 Å². The van der Waals surface area contributed by atoms with Crippen molar-refractivity contribution in [3.8, 4) is 11.5 Å². The van der Waals surface area contributed by atoms with Gasteiger partial charge >= 0.3 is 0 Å². The monoisotopic (exact) mass is 405 g/mol. The molecule has 3 aromatic rings. The predicted octanol–water partition coefficient (Wildman–Crippen LogP) is 4.36. The second-order valence-electron chi connectivity index (χ2n) is 7.45. The maximum absolute atomic E-state index is 13.4. The van der Waals surface area contributed by atoms with Gasteiger partial charge in [-0.3, -0.25) is 14.8 Å². The van der Waals surface area contributed by atoms with Gasteiger partial charge in [0.05, 0.1) is 13.7 Å². The van der Waals surface area contributed by atoms with E-state index >= 15 is 0 Å². The number of rotatable bonds is 9. The molecule has 0 aliphatic carbocycles. The fourth-order valence-corrected chi connectivity index (χ4v) is 2.98. The predicted molar refractivity (Wildman–Crippen MR) is 115 cm³/mol. The van der Waals surface area contributed by atoms with Gasteiger partial charge in [-0.1, -0.05) is 19.9 Å². The van der Waals surface area contributed by atoms with Crippen molar-refractivity contribution in [2.45, 2.75) is 26.9 Å². The van der Waals surface area contributed by atoms with E-state index in [4.69, 9.17) is 9.47 Å². The Morgan fingerprint density at radius 2 is 1.73 bits per heavy atom. The maximum Gasteiger partial charge on any atom is 0.254 e. The Morgan fingerprint density at radius 3 is 2.40 bits per heavy atom. The lowest BCUT2D eigenvalue weighted by molar-refractivity contribution is 0.0729. The summed E-state index contributed by atoms with van der Waals surface area (Å²) in [6, 6.07) is 13.0. The smallest absolute Gasteiger partial charge is 0.254 e. The third-order valence-electron chi connectivity index (χ3n) is 4.49. The number of ether oxygens (including phenoxy) is 2. The van der Waals surface area contributed by atoms with Crippen molar-refractivity contribution >= 4 is 5.91 Å². The minimum absolute atomic E-state index is 0.0932. The van der Waals surface area contributed by atoms with Crippen molar-refractivity contribution in [3.05, 3.63) is 83.9 Å². The molecule has 0 fully saturated rings. The van der Waals surface area contributed by atoms with Crippen LogP contribution < -0.4 is 9.47 Å². The van der Waals surface area contributed by atoms with Gasteiger partial charge in [0.15, 0.2) is 11.5 Å². The Labute approximate surface area is 177 Å². The minimum Gasteiger partial charge on any atom is -0.493 e. The summed E-state index contributed by atoms with van der Waals surface area (Å²) in [6.45, 7) is 5.66. The zero-order chi connectivity index (χ0) is 21.3. The van der Waals surface area contributed by atoms with Crippen LogP contribution in [0.2, 0.25) is 0 Å². The number of pyridine rings is 2. The molecule has 6 nitrogen and oxygen atoms in total. The molecule has 0 unspecified atom stereocenters. The fourth-order valence-electron chi connectivity index (χ4n) is 2.98. The lowest BCUT2D eigenvalue weighted by atomic mass is 10.1. The van der Waals surface area contributed by atoms with Gasteiger partial charge in [-0.05, 0) is 53.4 Å². The quantitative estimate of drug-likeness (QED) is 0.529. The van der Waals surface area contributed by atoms with E-state index in [0.717, 1.165) is 11.1 Å². The molecule has 30 heavy (non-hydrogen) atoms. The molecule has 0 spiro atoms. The Balaban J connectivity index is 1.85. The molecule has 0 saturated carbocycles. The topological polar surface area (TPSA) is 64.5 Å². The van der Waals surface area contributed by atoms with Crippen LogP contribution in [0, 0.1) is 5.92 Å². The standard InChI is InChI=1S/C24H27N3O3/c1-18(2)17-30-22-7-6-21(13-23(22)29-3)24(28)27(15-19-8-11-25-12-9-19)16-20-5-4-10-26-14-20/h4-14,18H,15-17H2,1-3H3. The second-order valence-corrected chi connectivity index (χ2v) is 7.45.